The Balaban J connectivity index is 2.88. The average Bonchev–Trinajstić information content (AvgIpc) is 2.17. The lowest BCUT2D eigenvalue weighted by Crippen LogP contribution is -2.22. The molecule has 0 saturated heterocycles. The highest BCUT2D eigenvalue weighted by Crippen LogP contribution is 2.23. The van der Waals surface area contributed by atoms with E-state index in [0.29, 0.717) is 12.0 Å². The first kappa shape index (κ1) is 13.0. The minimum atomic E-state index is 0.184. The van der Waals surface area contributed by atoms with Crippen LogP contribution in [0, 0.1) is 5.92 Å². The van der Waals surface area contributed by atoms with Crippen molar-refractivity contribution in [3.05, 3.63) is 24.0 Å². The van der Waals surface area contributed by atoms with E-state index in [9.17, 15) is 0 Å². The summed E-state index contributed by atoms with van der Waals surface area (Å²) in [6.45, 7) is 8.42. The Kier molecular flexibility index (Phi) is 4.74. The third-order valence-electron chi connectivity index (χ3n) is 2.44. The van der Waals surface area contributed by atoms with Crippen molar-refractivity contribution >= 4 is 0 Å². The fraction of sp³-hybridized carbons (Fsp3) is 0.615. The molecule has 1 atom stereocenters. The van der Waals surface area contributed by atoms with Gasteiger partial charge in [-0.2, -0.15) is 0 Å². The van der Waals surface area contributed by atoms with Crippen molar-refractivity contribution in [1.29, 1.82) is 0 Å². The first-order valence-corrected chi connectivity index (χ1v) is 5.83. The minimum Gasteiger partial charge on any atom is -0.489 e. The topological polar surface area (TPSA) is 34.2 Å². The molecular formula is C13H22N2O. The highest BCUT2D eigenvalue weighted by Gasteiger charge is 2.14. The van der Waals surface area contributed by atoms with Crippen LogP contribution in [0.5, 0.6) is 5.75 Å². The van der Waals surface area contributed by atoms with Gasteiger partial charge in [0.05, 0.1) is 12.3 Å². The molecule has 1 rings (SSSR count). The molecule has 0 aliphatic rings. The highest BCUT2D eigenvalue weighted by atomic mass is 16.5. The van der Waals surface area contributed by atoms with Crippen LogP contribution in [0.25, 0.3) is 0 Å². The fourth-order valence-electron chi connectivity index (χ4n) is 1.83. The Morgan fingerprint density at radius 2 is 1.88 bits per heavy atom. The van der Waals surface area contributed by atoms with Gasteiger partial charge in [0.25, 0.3) is 0 Å². The molecule has 1 unspecified atom stereocenters. The zero-order valence-corrected chi connectivity index (χ0v) is 10.8. The van der Waals surface area contributed by atoms with Gasteiger partial charge in [0, 0.05) is 12.2 Å². The van der Waals surface area contributed by atoms with Gasteiger partial charge in [-0.1, -0.05) is 13.8 Å². The SMILES string of the molecule is CNC(c1cncc(OC(C)C)c1)C(C)C. The monoisotopic (exact) mass is 222 g/mol. The summed E-state index contributed by atoms with van der Waals surface area (Å²) in [5, 5.41) is 3.30. The van der Waals surface area contributed by atoms with E-state index in [0.717, 1.165) is 5.75 Å². The summed E-state index contributed by atoms with van der Waals surface area (Å²) >= 11 is 0. The van der Waals surface area contributed by atoms with Crippen molar-refractivity contribution < 1.29 is 4.74 Å². The van der Waals surface area contributed by atoms with Crippen molar-refractivity contribution in [2.75, 3.05) is 7.05 Å². The first-order chi connectivity index (χ1) is 7.54. The minimum absolute atomic E-state index is 0.184. The summed E-state index contributed by atoms with van der Waals surface area (Å²) < 4.78 is 5.64. The second-order valence-corrected chi connectivity index (χ2v) is 4.63. The van der Waals surface area contributed by atoms with Crippen molar-refractivity contribution in [3.8, 4) is 5.75 Å². The number of ether oxygens (including phenoxy) is 1. The molecule has 1 aromatic rings. The maximum atomic E-state index is 5.64. The standard InChI is InChI=1S/C13H22N2O/c1-9(2)13(14-5)11-6-12(8-15-7-11)16-10(3)4/h6-10,13-14H,1-5H3. The third kappa shape index (κ3) is 3.49. The van der Waals surface area contributed by atoms with E-state index < -0.39 is 0 Å². The Labute approximate surface area is 98.2 Å². The highest BCUT2D eigenvalue weighted by molar-refractivity contribution is 5.26. The normalized spacial score (nSPS) is 13.2. The molecule has 0 amide bonds. The Morgan fingerprint density at radius 1 is 1.19 bits per heavy atom. The molecule has 0 fully saturated rings. The van der Waals surface area contributed by atoms with Crippen molar-refractivity contribution in [2.24, 2.45) is 5.92 Å². The van der Waals surface area contributed by atoms with Gasteiger partial charge in [0.2, 0.25) is 0 Å². The van der Waals surface area contributed by atoms with Crippen molar-refractivity contribution in [3.63, 3.8) is 0 Å². The molecule has 1 aromatic heterocycles. The molecule has 0 spiro atoms. The lowest BCUT2D eigenvalue weighted by molar-refractivity contribution is 0.241. The van der Waals surface area contributed by atoms with Crippen molar-refractivity contribution in [1.82, 2.24) is 10.3 Å². The van der Waals surface area contributed by atoms with Crippen LogP contribution in [0.4, 0.5) is 0 Å². The summed E-state index contributed by atoms with van der Waals surface area (Å²) in [4.78, 5) is 4.22. The number of aromatic nitrogens is 1. The van der Waals surface area contributed by atoms with Crippen LogP contribution in [0.15, 0.2) is 18.5 Å². The van der Waals surface area contributed by atoms with Gasteiger partial charge in [0.15, 0.2) is 0 Å². The van der Waals surface area contributed by atoms with E-state index >= 15 is 0 Å². The summed E-state index contributed by atoms with van der Waals surface area (Å²) in [6.07, 6.45) is 3.84. The van der Waals surface area contributed by atoms with Crippen LogP contribution in [0.1, 0.15) is 39.3 Å². The van der Waals surface area contributed by atoms with Gasteiger partial charge in [-0.05, 0) is 38.4 Å². The predicted molar refractivity (Wildman–Crippen MR) is 66.6 cm³/mol. The molecule has 0 saturated carbocycles. The molecule has 3 heteroatoms. The molecule has 0 bridgehead atoms. The third-order valence-corrected chi connectivity index (χ3v) is 2.44. The maximum absolute atomic E-state index is 5.64. The number of rotatable bonds is 5. The lowest BCUT2D eigenvalue weighted by Gasteiger charge is -2.21. The van der Waals surface area contributed by atoms with Crippen LogP contribution in [-0.4, -0.2) is 18.1 Å². The average molecular weight is 222 g/mol. The van der Waals surface area contributed by atoms with Crippen LogP contribution >= 0.6 is 0 Å². The van der Waals surface area contributed by atoms with E-state index in [-0.39, 0.29) is 6.10 Å². The molecule has 1 heterocycles. The number of pyridine rings is 1. The molecule has 90 valence electrons. The van der Waals surface area contributed by atoms with Crippen LogP contribution in [0.2, 0.25) is 0 Å². The summed E-state index contributed by atoms with van der Waals surface area (Å²) in [5.41, 5.74) is 1.18. The van der Waals surface area contributed by atoms with E-state index in [2.05, 4.69) is 30.2 Å². The number of hydrogen-bond donors (Lipinski definition) is 1. The summed E-state index contributed by atoms with van der Waals surface area (Å²) in [5.74, 6) is 1.37. The van der Waals surface area contributed by atoms with Gasteiger partial charge in [-0.15, -0.1) is 0 Å². The van der Waals surface area contributed by atoms with Crippen LogP contribution < -0.4 is 10.1 Å². The largest absolute Gasteiger partial charge is 0.489 e. The number of nitrogens with one attached hydrogen (secondary N) is 1. The second-order valence-electron chi connectivity index (χ2n) is 4.63. The molecule has 1 N–H and O–H groups in total. The van der Waals surface area contributed by atoms with Gasteiger partial charge in [-0.25, -0.2) is 0 Å². The summed E-state index contributed by atoms with van der Waals surface area (Å²) in [7, 11) is 1.97. The van der Waals surface area contributed by atoms with Gasteiger partial charge in [-0.3, -0.25) is 4.98 Å². The Hall–Kier alpha value is -1.09. The molecule has 0 radical (unpaired) electrons. The molecule has 0 aromatic carbocycles. The van der Waals surface area contributed by atoms with E-state index in [4.69, 9.17) is 4.74 Å². The number of nitrogens with zero attached hydrogens (tertiary/aromatic N) is 1. The maximum Gasteiger partial charge on any atom is 0.138 e. The Morgan fingerprint density at radius 3 is 2.38 bits per heavy atom. The predicted octanol–water partition coefficient (Wildman–Crippen LogP) is 2.79. The molecule has 0 aliphatic carbocycles. The van der Waals surface area contributed by atoms with Crippen LogP contribution in [-0.2, 0) is 0 Å². The first-order valence-electron chi connectivity index (χ1n) is 5.83. The molecule has 3 nitrogen and oxygen atoms in total. The zero-order chi connectivity index (χ0) is 12.1. The lowest BCUT2D eigenvalue weighted by atomic mass is 9.98. The van der Waals surface area contributed by atoms with Gasteiger partial charge in [0.1, 0.15) is 5.75 Å². The smallest absolute Gasteiger partial charge is 0.138 e. The van der Waals surface area contributed by atoms with Crippen LogP contribution in [0.3, 0.4) is 0 Å². The molecule has 16 heavy (non-hydrogen) atoms. The second kappa shape index (κ2) is 5.85. The zero-order valence-electron chi connectivity index (χ0n) is 10.8. The molecule has 0 aliphatic heterocycles. The number of hydrogen-bond acceptors (Lipinski definition) is 3. The summed E-state index contributed by atoms with van der Waals surface area (Å²) in [6, 6.07) is 2.39. The van der Waals surface area contributed by atoms with E-state index in [1.807, 2.05) is 27.1 Å². The van der Waals surface area contributed by atoms with Crippen molar-refractivity contribution in [2.45, 2.75) is 39.8 Å². The van der Waals surface area contributed by atoms with E-state index in [1.165, 1.54) is 5.56 Å². The van der Waals surface area contributed by atoms with Gasteiger partial charge >= 0.3 is 0 Å². The molecular weight excluding hydrogens is 200 g/mol. The quantitative estimate of drug-likeness (QED) is 0.831. The Bertz CT molecular complexity index is 323. The van der Waals surface area contributed by atoms with Gasteiger partial charge < -0.3 is 10.1 Å². The van der Waals surface area contributed by atoms with E-state index in [1.54, 1.807) is 6.20 Å². The fourth-order valence-corrected chi connectivity index (χ4v) is 1.83.